The highest BCUT2D eigenvalue weighted by Gasteiger charge is 2.04. The van der Waals surface area contributed by atoms with Crippen molar-refractivity contribution in [1.29, 1.82) is 0 Å². The Labute approximate surface area is 250 Å². The molecule has 5 nitrogen and oxygen atoms in total. The van der Waals surface area contributed by atoms with Gasteiger partial charge in [0.1, 0.15) is 0 Å². The number of nitrogens with zero attached hydrogens (tertiary/aromatic N) is 1. The van der Waals surface area contributed by atoms with Gasteiger partial charge in [0, 0.05) is 42.9 Å². The average molecular weight is 582 g/mol. The van der Waals surface area contributed by atoms with E-state index < -0.39 is 0 Å². The first-order chi connectivity index (χ1) is 19.6. The monoisotopic (exact) mass is 581 g/mol. The Kier molecular flexibility index (Phi) is 23.3. The Bertz CT molecular complexity index is 980. The van der Waals surface area contributed by atoms with Gasteiger partial charge in [-0.2, -0.15) is 0 Å². The van der Waals surface area contributed by atoms with Gasteiger partial charge in [-0.25, -0.2) is 0 Å². The molecule has 0 saturated heterocycles. The summed E-state index contributed by atoms with van der Waals surface area (Å²) in [5.41, 5.74) is 1.47. The van der Waals surface area contributed by atoms with Crippen LogP contribution in [0.2, 0.25) is 0 Å². The van der Waals surface area contributed by atoms with Crippen molar-refractivity contribution >= 4 is 33.4 Å². The molecule has 0 aromatic carbocycles. The average Bonchev–Trinajstić information content (AvgIpc) is 2.96. The lowest BCUT2D eigenvalue weighted by Crippen LogP contribution is -2.26. The van der Waals surface area contributed by atoms with Crippen molar-refractivity contribution in [2.45, 2.75) is 65.2 Å². The summed E-state index contributed by atoms with van der Waals surface area (Å²) in [5, 5.41) is 5.85. The summed E-state index contributed by atoms with van der Waals surface area (Å²) < 4.78 is 0. The lowest BCUT2D eigenvalue weighted by Gasteiger charge is -2.06. The normalized spacial score (nSPS) is 12.2. The Morgan fingerprint density at radius 2 is 1.23 bits per heavy atom. The van der Waals surface area contributed by atoms with Crippen LogP contribution < -0.4 is 10.6 Å². The van der Waals surface area contributed by atoms with Gasteiger partial charge < -0.3 is 10.6 Å². The molecule has 0 aliphatic heterocycles. The molecule has 0 atom stereocenters. The number of allylic oxidation sites excluding steroid dienone is 12. The number of pyridine rings is 1. The standard InChI is InChI=1S/C33H47N3O2S2/c1-3-4-5-6-7-8-9-10-11-12-13-14-15-16-17-18-19-20-21-22-32(37)34-25-27-39-40-28-26-35-33(38)31-24-23-30(2)36-29-31/h4-5,7-8,10-11,13-14,16-17,19-20,23-24,29H,3,6,9,12,15,18,21-22,25-28H2,1-2H3,(H,34,37)(H,35,38)/b5-4-,8-7-,11-10-,14-13-,17-16-,20-19-. The highest BCUT2D eigenvalue weighted by atomic mass is 33.1. The summed E-state index contributed by atoms with van der Waals surface area (Å²) in [4.78, 5) is 28.1. The van der Waals surface area contributed by atoms with Crippen LogP contribution in [0.5, 0.6) is 0 Å². The van der Waals surface area contributed by atoms with Gasteiger partial charge in [-0.1, -0.05) is 101 Å². The predicted octanol–water partition coefficient (Wildman–Crippen LogP) is 8.10. The fourth-order valence-corrected chi connectivity index (χ4v) is 5.02. The summed E-state index contributed by atoms with van der Waals surface area (Å²) in [6.45, 7) is 5.30. The fourth-order valence-electron chi connectivity index (χ4n) is 3.20. The maximum Gasteiger partial charge on any atom is 0.252 e. The molecular weight excluding hydrogens is 535 g/mol. The van der Waals surface area contributed by atoms with E-state index >= 15 is 0 Å². The van der Waals surface area contributed by atoms with Gasteiger partial charge in [0.25, 0.3) is 5.91 Å². The number of hydrogen-bond donors (Lipinski definition) is 2. The topological polar surface area (TPSA) is 71.1 Å². The molecule has 0 aliphatic carbocycles. The molecule has 0 spiro atoms. The quantitative estimate of drug-likeness (QED) is 0.0822. The first-order valence-corrected chi connectivity index (χ1v) is 16.7. The lowest BCUT2D eigenvalue weighted by molar-refractivity contribution is -0.120. The molecule has 7 heteroatoms. The van der Waals surface area contributed by atoms with Crippen LogP contribution in [0.4, 0.5) is 0 Å². The number of hydrogen-bond acceptors (Lipinski definition) is 5. The van der Waals surface area contributed by atoms with Crippen LogP contribution in [0.1, 0.15) is 74.3 Å². The molecule has 218 valence electrons. The molecule has 1 rings (SSSR count). The van der Waals surface area contributed by atoms with Crippen LogP contribution in [0.15, 0.2) is 91.2 Å². The summed E-state index contributed by atoms with van der Waals surface area (Å²) in [6.07, 6.45) is 35.0. The lowest BCUT2D eigenvalue weighted by atomic mass is 10.2. The minimum absolute atomic E-state index is 0.0871. The molecule has 40 heavy (non-hydrogen) atoms. The van der Waals surface area contributed by atoms with Crippen molar-refractivity contribution in [2.75, 3.05) is 24.6 Å². The fraction of sp³-hybridized carbons (Fsp3) is 0.424. The Morgan fingerprint density at radius 1 is 0.725 bits per heavy atom. The van der Waals surface area contributed by atoms with E-state index in [0.717, 1.165) is 62.1 Å². The maximum atomic E-state index is 12.0. The van der Waals surface area contributed by atoms with Gasteiger partial charge in [0.05, 0.1) is 5.56 Å². The molecule has 0 bridgehead atoms. The predicted molar refractivity (Wildman–Crippen MR) is 177 cm³/mol. The summed E-state index contributed by atoms with van der Waals surface area (Å²) >= 11 is 0. The zero-order valence-corrected chi connectivity index (χ0v) is 25.9. The number of carbonyl (C=O) groups is 2. The molecule has 0 unspecified atom stereocenters. The van der Waals surface area contributed by atoms with Crippen molar-refractivity contribution < 1.29 is 9.59 Å². The highest BCUT2D eigenvalue weighted by molar-refractivity contribution is 8.76. The van der Waals surface area contributed by atoms with Crippen LogP contribution in [-0.4, -0.2) is 41.4 Å². The zero-order valence-electron chi connectivity index (χ0n) is 24.2. The van der Waals surface area contributed by atoms with Crippen molar-refractivity contribution in [1.82, 2.24) is 15.6 Å². The third-order valence-corrected chi connectivity index (χ3v) is 7.78. The molecule has 2 amide bonds. The largest absolute Gasteiger partial charge is 0.355 e. The van der Waals surface area contributed by atoms with Gasteiger partial charge in [0.2, 0.25) is 5.91 Å². The van der Waals surface area contributed by atoms with Crippen LogP contribution in [0.3, 0.4) is 0 Å². The first kappa shape index (κ1) is 35.3. The summed E-state index contributed by atoms with van der Waals surface area (Å²) in [7, 11) is 3.39. The van der Waals surface area contributed by atoms with Gasteiger partial charge in [-0.3, -0.25) is 14.6 Å². The Balaban J connectivity index is 1.91. The second-order valence-electron chi connectivity index (χ2n) is 8.89. The number of carbonyl (C=O) groups excluding carboxylic acids is 2. The number of nitrogens with one attached hydrogen (secondary N) is 2. The molecule has 1 aromatic rings. The number of aromatic nitrogens is 1. The molecule has 1 aromatic heterocycles. The third kappa shape index (κ3) is 22.1. The van der Waals surface area contributed by atoms with Gasteiger partial charge in [0.15, 0.2) is 0 Å². The van der Waals surface area contributed by atoms with Crippen LogP contribution >= 0.6 is 21.6 Å². The number of amides is 2. The SMILES string of the molecule is CC/C=C\C/C=C\C/C=C\C/C=C\C/C=C\C/C=C\CCC(=O)NCCSSCCNC(=O)c1ccc(C)nc1. The van der Waals surface area contributed by atoms with Crippen molar-refractivity contribution in [3.8, 4) is 0 Å². The molecule has 0 saturated carbocycles. The molecule has 0 fully saturated rings. The number of aryl methyl sites for hydroxylation is 1. The molecular formula is C33H47N3O2S2. The van der Waals surface area contributed by atoms with Crippen LogP contribution in [0.25, 0.3) is 0 Å². The van der Waals surface area contributed by atoms with Gasteiger partial charge >= 0.3 is 0 Å². The molecule has 2 N–H and O–H groups in total. The van der Waals surface area contributed by atoms with E-state index in [1.54, 1.807) is 33.9 Å². The highest BCUT2D eigenvalue weighted by Crippen LogP contribution is 2.19. The third-order valence-electron chi connectivity index (χ3n) is 5.37. The van der Waals surface area contributed by atoms with Crippen molar-refractivity contribution in [3.05, 3.63) is 102 Å². The van der Waals surface area contributed by atoms with E-state index in [1.165, 1.54) is 0 Å². The molecule has 1 heterocycles. The van der Waals surface area contributed by atoms with Gasteiger partial charge in [-0.15, -0.1) is 0 Å². The van der Waals surface area contributed by atoms with Crippen molar-refractivity contribution in [3.63, 3.8) is 0 Å². The Hall–Kier alpha value is -2.77. The van der Waals surface area contributed by atoms with E-state index in [9.17, 15) is 9.59 Å². The van der Waals surface area contributed by atoms with Crippen molar-refractivity contribution in [2.24, 2.45) is 0 Å². The smallest absolute Gasteiger partial charge is 0.252 e. The summed E-state index contributed by atoms with van der Waals surface area (Å²) in [5.74, 6) is 1.64. The second-order valence-corrected chi connectivity index (χ2v) is 11.6. The minimum atomic E-state index is -0.0997. The Morgan fingerprint density at radius 3 is 1.73 bits per heavy atom. The van der Waals surface area contributed by atoms with E-state index in [-0.39, 0.29) is 11.8 Å². The van der Waals surface area contributed by atoms with E-state index in [0.29, 0.717) is 25.1 Å². The second kappa shape index (κ2) is 26.5. The van der Waals surface area contributed by atoms with Crippen LogP contribution in [0, 0.1) is 6.92 Å². The first-order valence-electron chi connectivity index (χ1n) is 14.3. The summed E-state index contributed by atoms with van der Waals surface area (Å²) in [6, 6.07) is 3.61. The zero-order chi connectivity index (χ0) is 28.9. The minimum Gasteiger partial charge on any atom is -0.355 e. The molecule has 0 aliphatic rings. The van der Waals surface area contributed by atoms with E-state index in [4.69, 9.17) is 0 Å². The maximum absolute atomic E-state index is 12.0. The van der Waals surface area contributed by atoms with E-state index in [1.807, 2.05) is 13.0 Å². The van der Waals surface area contributed by atoms with Gasteiger partial charge in [-0.05, 0) is 64.0 Å². The molecule has 0 radical (unpaired) electrons. The van der Waals surface area contributed by atoms with Crippen LogP contribution in [-0.2, 0) is 4.79 Å². The number of rotatable bonds is 22. The van der Waals surface area contributed by atoms with E-state index in [2.05, 4.69) is 95.5 Å².